The second kappa shape index (κ2) is 8.36. The molecule has 22 heavy (non-hydrogen) atoms. The molecule has 0 radical (unpaired) electrons. The van der Waals surface area contributed by atoms with E-state index in [2.05, 4.69) is 22.6 Å². The topological polar surface area (TPSA) is 55.8 Å². The summed E-state index contributed by atoms with van der Waals surface area (Å²) in [5.74, 6) is 0.448. The van der Waals surface area contributed by atoms with Crippen molar-refractivity contribution in [1.29, 1.82) is 0 Å². The van der Waals surface area contributed by atoms with Gasteiger partial charge in [0.25, 0.3) is 0 Å². The standard InChI is InChI=1S/C16H28INO4/c1-11(2)21-14(19)8-12-6-7-18(10-13(12)9-17)15(20)22-16(3,4)5/h11-13H,6-10H2,1-5H3/t12-,13?/m0/s1. The summed E-state index contributed by atoms with van der Waals surface area (Å²) in [6.45, 7) is 10.6. The number of nitrogens with zero attached hydrogens (tertiary/aromatic N) is 1. The number of esters is 1. The molecule has 0 aromatic rings. The maximum atomic E-state index is 12.2. The third-order valence-electron chi connectivity index (χ3n) is 3.54. The molecule has 1 aliphatic heterocycles. The average Bonchev–Trinajstić information content (AvgIpc) is 2.35. The highest BCUT2D eigenvalue weighted by Gasteiger charge is 2.34. The molecule has 1 unspecified atom stereocenters. The molecular formula is C16H28INO4. The lowest BCUT2D eigenvalue weighted by atomic mass is 9.84. The zero-order valence-corrected chi connectivity index (χ0v) is 16.4. The van der Waals surface area contributed by atoms with Gasteiger partial charge in [-0.2, -0.15) is 0 Å². The first-order valence-electron chi connectivity index (χ1n) is 7.85. The molecule has 0 aliphatic carbocycles. The molecule has 0 aromatic heterocycles. The summed E-state index contributed by atoms with van der Waals surface area (Å²) < 4.78 is 11.6. The van der Waals surface area contributed by atoms with Crippen molar-refractivity contribution >= 4 is 34.7 Å². The lowest BCUT2D eigenvalue weighted by molar-refractivity contribution is -0.149. The zero-order valence-electron chi connectivity index (χ0n) is 14.2. The van der Waals surface area contributed by atoms with E-state index in [4.69, 9.17) is 9.47 Å². The molecule has 1 amide bonds. The third kappa shape index (κ3) is 6.71. The molecule has 1 fully saturated rings. The van der Waals surface area contributed by atoms with E-state index in [1.165, 1.54) is 0 Å². The number of hydrogen-bond acceptors (Lipinski definition) is 4. The molecular weight excluding hydrogens is 397 g/mol. The minimum atomic E-state index is -0.477. The monoisotopic (exact) mass is 425 g/mol. The highest BCUT2D eigenvalue weighted by Crippen LogP contribution is 2.29. The van der Waals surface area contributed by atoms with Crippen LogP contribution in [0.25, 0.3) is 0 Å². The Kier molecular flexibility index (Phi) is 7.41. The van der Waals surface area contributed by atoms with Crippen molar-refractivity contribution in [2.24, 2.45) is 11.8 Å². The molecule has 0 spiro atoms. The first-order chi connectivity index (χ1) is 10.1. The molecule has 6 heteroatoms. The number of hydrogen-bond donors (Lipinski definition) is 0. The van der Waals surface area contributed by atoms with E-state index in [1.54, 1.807) is 4.90 Å². The fourth-order valence-electron chi connectivity index (χ4n) is 2.54. The van der Waals surface area contributed by atoms with Crippen molar-refractivity contribution < 1.29 is 19.1 Å². The van der Waals surface area contributed by atoms with E-state index < -0.39 is 5.60 Å². The van der Waals surface area contributed by atoms with E-state index in [1.807, 2.05) is 34.6 Å². The SMILES string of the molecule is CC(C)OC(=O)C[C@@H]1CCN(C(=O)OC(C)(C)C)CC1CI. The van der Waals surface area contributed by atoms with Crippen LogP contribution in [0, 0.1) is 11.8 Å². The number of halogens is 1. The number of alkyl halides is 1. The molecule has 0 N–H and O–H groups in total. The maximum Gasteiger partial charge on any atom is 0.410 e. The highest BCUT2D eigenvalue weighted by atomic mass is 127. The normalized spacial score (nSPS) is 22.6. The van der Waals surface area contributed by atoms with Gasteiger partial charge in [-0.05, 0) is 52.9 Å². The zero-order chi connectivity index (χ0) is 16.9. The van der Waals surface area contributed by atoms with Gasteiger partial charge < -0.3 is 14.4 Å². The minimum Gasteiger partial charge on any atom is -0.463 e. The van der Waals surface area contributed by atoms with E-state index in [9.17, 15) is 9.59 Å². The van der Waals surface area contributed by atoms with E-state index in [-0.39, 0.29) is 24.1 Å². The molecule has 1 saturated heterocycles. The van der Waals surface area contributed by atoms with Crippen LogP contribution < -0.4 is 0 Å². The van der Waals surface area contributed by atoms with Crippen LogP contribution in [0.15, 0.2) is 0 Å². The van der Waals surface area contributed by atoms with Gasteiger partial charge in [-0.3, -0.25) is 4.79 Å². The summed E-state index contributed by atoms with van der Waals surface area (Å²) in [6.07, 6.45) is 0.923. The van der Waals surface area contributed by atoms with Crippen LogP contribution >= 0.6 is 22.6 Å². The van der Waals surface area contributed by atoms with Gasteiger partial charge in [-0.1, -0.05) is 22.6 Å². The molecule has 128 valence electrons. The number of piperidine rings is 1. The maximum absolute atomic E-state index is 12.2. The van der Waals surface area contributed by atoms with Gasteiger partial charge >= 0.3 is 12.1 Å². The summed E-state index contributed by atoms with van der Waals surface area (Å²) in [7, 11) is 0. The molecule has 2 atom stereocenters. The van der Waals surface area contributed by atoms with Crippen molar-refractivity contribution in [3.63, 3.8) is 0 Å². The second-order valence-electron chi connectivity index (χ2n) is 7.13. The number of ether oxygens (including phenoxy) is 2. The Hall–Kier alpha value is -0.530. The van der Waals surface area contributed by atoms with Gasteiger partial charge in [0.1, 0.15) is 5.60 Å². The van der Waals surface area contributed by atoms with Crippen LogP contribution in [0.2, 0.25) is 0 Å². The number of likely N-dealkylation sites (tertiary alicyclic amines) is 1. The molecule has 1 aliphatic rings. The van der Waals surface area contributed by atoms with Gasteiger partial charge in [0, 0.05) is 23.9 Å². The Balaban J connectivity index is 2.56. The Morgan fingerprint density at radius 3 is 2.41 bits per heavy atom. The van der Waals surface area contributed by atoms with Gasteiger partial charge in [-0.15, -0.1) is 0 Å². The molecule has 1 rings (SSSR count). The van der Waals surface area contributed by atoms with Crippen molar-refractivity contribution in [2.45, 2.75) is 59.2 Å². The minimum absolute atomic E-state index is 0.0765. The van der Waals surface area contributed by atoms with Gasteiger partial charge in [0.05, 0.1) is 6.10 Å². The summed E-state index contributed by atoms with van der Waals surface area (Å²) in [6, 6.07) is 0. The molecule has 5 nitrogen and oxygen atoms in total. The smallest absolute Gasteiger partial charge is 0.410 e. The third-order valence-corrected chi connectivity index (χ3v) is 4.67. The predicted octanol–water partition coefficient (Wildman–Crippen LogP) is 3.64. The first kappa shape index (κ1) is 19.5. The number of rotatable bonds is 4. The van der Waals surface area contributed by atoms with E-state index in [0.717, 1.165) is 10.8 Å². The Morgan fingerprint density at radius 1 is 1.27 bits per heavy atom. The predicted molar refractivity (Wildman–Crippen MR) is 94.1 cm³/mol. The van der Waals surface area contributed by atoms with Crippen molar-refractivity contribution in [2.75, 3.05) is 17.5 Å². The molecule has 1 heterocycles. The van der Waals surface area contributed by atoms with Gasteiger partial charge in [-0.25, -0.2) is 4.79 Å². The average molecular weight is 425 g/mol. The van der Waals surface area contributed by atoms with Gasteiger partial charge in [0.15, 0.2) is 0 Å². The van der Waals surface area contributed by atoms with Crippen LogP contribution in [0.3, 0.4) is 0 Å². The Bertz CT molecular complexity index is 392. The number of amides is 1. The van der Waals surface area contributed by atoms with E-state index in [0.29, 0.717) is 25.4 Å². The summed E-state index contributed by atoms with van der Waals surface area (Å²) in [5, 5.41) is 0. The lowest BCUT2D eigenvalue weighted by Gasteiger charge is -2.38. The fourth-order valence-corrected chi connectivity index (χ4v) is 3.54. The van der Waals surface area contributed by atoms with Crippen molar-refractivity contribution in [1.82, 2.24) is 4.90 Å². The number of carbonyl (C=O) groups is 2. The van der Waals surface area contributed by atoms with Gasteiger partial charge in [0.2, 0.25) is 0 Å². The van der Waals surface area contributed by atoms with Crippen molar-refractivity contribution in [3.05, 3.63) is 0 Å². The summed E-state index contributed by atoms with van der Waals surface area (Å²) in [4.78, 5) is 25.8. The number of carbonyl (C=O) groups excluding carboxylic acids is 2. The molecule has 0 saturated carbocycles. The first-order valence-corrected chi connectivity index (χ1v) is 9.38. The Labute approximate surface area is 147 Å². The van der Waals surface area contributed by atoms with Crippen LogP contribution in [-0.2, 0) is 14.3 Å². The van der Waals surface area contributed by atoms with Crippen LogP contribution in [0.5, 0.6) is 0 Å². The van der Waals surface area contributed by atoms with Crippen LogP contribution in [0.4, 0.5) is 4.79 Å². The Morgan fingerprint density at radius 2 is 1.91 bits per heavy atom. The van der Waals surface area contributed by atoms with Crippen LogP contribution in [0.1, 0.15) is 47.5 Å². The second-order valence-corrected chi connectivity index (χ2v) is 8.01. The molecule has 0 aromatic carbocycles. The lowest BCUT2D eigenvalue weighted by Crippen LogP contribution is -2.46. The van der Waals surface area contributed by atoms with E-state index >= 15 is 0 Å². The largest absolute Gasteiger partial charge is 0.463 e. The van der Waals surface area contributed by atoms with Crippen LogP contribution in [-0.4, -0.2) is 46.2 Å². The quantitative estimate of drug-likeness (QED) is 0.392. The fraction of sp³-hybridized carbons (Fsp3) is 0.875. The summed E-state index contributed by atoms with van der Waals surface area (Å²) >= 11 is 2.32. The van der Waals surface area contributed by atoms with Crippen molar-refractivity contribution in [3.8, 4) is 0 Å². The summed E-state index contributed by atoms with van der Waals surface area (Å²) in [5.41, 5.74) is -0.477. The highest BCUT2D eigenvalue weighted by molar-refractivity contribution is 14.1. The molecule has 0 bridgehead atoms.